The van der Waals surface area contributed by atoms with E-state index in [9.17, 15) is 14.0 Å². The first kappa shape index (κ1) is 23.6. The lowest BCUT2D eigenvalue weighted by Crippen LogP contribution is -2.46. The molecule has 2 aromatic rings. The lowest BCUT2D eigenvalue weighted by Gasteiger charge is -2.40. The van der Waals surface area contributed by atoms with Gasteiger partial charge in [0.05, 0.1) is 26.2 Å². The maximum Gasteiger partial charge on any atom is 0.311 e. The van der Waals surface area contributed by atoms with Gasteiger partial charge in [0, 0.05) is 13.0 Å². The van der Waals surface area contributed by atoms with Crippen LogP contribution in [0.5, 0.6) is 11.5 Å². The molecule has 172 valence electrons. The van der Waals surface area contributed by atoms with Gasteiger partial charge in [-0.15, -0.1) is 0 Å². The van der Waals surface area contributed by atoms with Crippen LogP contribution in [0.2, 0.25) is 0 Å². The summed E-state index contributed by atoms with van der Waals surface area (Å²) in [4.78, 5) is 27.7. The van der Waals surface area contributed by atoms with Crippen LogP contribution < -0.4 is 9.47 Å². The maximum atomic E-state index is 14.0. The zero-order chi connectivity index (χ0) is 23.1. The van der Waals surface area contributed by atoms with Crippen LogP contribution in [0.25, 0.3) is 0 Å². The quantitative estimate of drug-likeness (QED) is 0.527. The second-order valence-corrected chi connectivity index (χ2v) is 7.88. The number of amides is 1. The van der Waals surface area contributed by atoms with Crippen LogP contribution in [0, 0.1) is 11.7 Å². The van der Waals surface area contributed by atoms with Crippen molar-refractivity contribution in [2.24, 2.45) is 5.92 Å². The molecule has 1 amide bonds. The molecule has 1 fully saturated rings. The number of piperidine rings is 1. The highest BCUT2D eigenvalue weighted by molar-refractivity contribution is 5.82. The topological polar surface area (TPSA) is 65.1 Å². The third kappa shape index (κ3) is 5.39. The van der Waals surface area contributed by atoms with Crippen LogP contribution in [0.4, 0.5) is 4.39 Å². The first-order valence-corrected chi connectivity index (χ1v) is 10.9. The fourth-order valence-electron chi connectivity index (χ4n) is 4.07. The fraction of sp³-hybridized carbons (Fsp3) is 0.440. The van der Waals surface area contributed by atoms with E-state index < -0.39 is 23.7 Å². The second-order valence-electron chi connectivity index (χ2n) is 7.88. The number of rotatable bonds is 9. The number of hydrogen-bond donors (Lipinski definition) is 0. The SMILES string of the molecule is CCCCN1C(=O)CC[C@@H](C(=O)OCc2ccc(OC)c(F)c2)[C@H]1c1ccc(OC)cc1. The standard InChI is InChI=1S/C25H30FNO5/c1-4-5-14-27-23(28)13-11-20(24(27)18-7-9-19(30-2)10-8-18)25(29)32-16-17-6-12-22(31-3)21(26)15-17/h6-10,12,15,20,24H,4-5,11,13-14,16H2,1-3H3/t20-,24-/m1/s1. The van der Waals surface area contributed by atoms with Gasteiger partial charge in [-0.05, 0) is 48.2 Å². The summed E-state index contributed by atoms with van der Waals surface area (Å²) in [6, 6.07) is 11.5. The van der Waals surface area contributed by atoms with Gasteiger partial charge in [-0.1, -0.05) is 31.5 Å². The Hall–Kier alpha value is -3.09. The number of ether oxygens (including phenoxy) is 3. The molecule has 2 aromatic carbocycles. The van der Waals surface area contributed by atoms with Gasteiger partial charge < -0.3 is 19.1 Å². The Labute approximate surface area is 188 Å². The summed E-state index contributed by atoms with van der Waals surface area (Å²) in [5.74, 6) is -0.516. The van der Waals surface area contributed by atoms with E-state index in [2.05, 4.69) is 6.92 Å². The summed E-state index contributed by atoms with van der Waals surface area (Å²) in [7, 11) is 2.99. The molecule has 1 aliphatic heterocycles. The van der Waals surface area contributed by atoms with Gasteiger partial charge in [0.2, 0.25) is 5.91 Å². The van der Waals surface area contributed by atoms with Gasteiger partial charge >= 0.3 is 5.97 Å². The highest BCUT2D eigenvalue weighted by Crippen LogP contribution is 2.38. The van der Waals surface area contributed by atoms with Gasteiger partial charge in [-0.25, -0.2) is 4.39 Å². The van der Waals surface area contributed by atoms with Crippen LogP contribution in [0.3, 0.4) is 0 Å². The van der Waals surface area contributed by atoms with Crippen LogP contribution >= 0.6 is 0 Å². The maximum absolute atomic E-state index is 14.0. The monoisotopic (exact) mass is 443 g/mol. The minimum absolute atomic E-state index is 0.0422. The van der Waals surface area contributed by atoms with Crippen molar-refractivity contribution in [2.75, 3.05) is 20.8 Å². The van der Waals surface area contributed by atoms with Crippen molar-refractivity contribution in [3.8, 4) is 11.5 Å². The molecule has 1 aliphatic rings. The smallest absolute Gasteiger partial charge is 0.311 e. The summed E-state index contributed by atoms with van der Waals surface area (Å²) in [6.45, 7) is 2.60. The molecule has 0 saturated carbocycles. The van der Waals surface area contributed by atoms with Crippen LogP contribution in [0.15, 0.2) is 42.5 Å². The normalized spacial score (nSPS) is 18.4. The molecule has 3 rings (SSSR count). The highest BCUT2D eigenvalue weighted by atomic mass is 19.1. The van der Waals surface area contributed by atoms with E-state index in [1.54, 1.807) is 18.1 Å². The van der Waals surface area contributed by atoms with E-state index in [1.165, 1.54) is 19.2 Å². The zero-order valence-electron chi connectivity index (χ0n) is 18.8. The average Bonchev–Trinajstić information content (AvgIpc) is 2.81. The van der Waals surface area contributed by atoms with E-state index in [4.69, 9.17) is 14.2 Å². The molecule has 0 aromatic heterocycles. The molecule has 0 radical (unpaired) electrons. The van der Waals surface area contributed by atoms with Gasteiger partial charge in [-0.2, -0.15) is 0 Å². The Kier molecular flexibility index (Phi) is 8.09. The van der Waals surface area contributed by atoms with Crippen molar-refractivity contribution < 1.29 is 28.2 Å². The van der Waals surface area contributed by atoms with Crippen molar-refractivity contribution in [3.63, 3.8) is 0 Å². The lowest BCUT2D eigenvalue weighted by atomic mass is 9.84. The second kappa shape index (κ2) is 11.0. The Bertz CT molecular complexity index is 930. The first-order chi connectivity index (χ1) is 15.5. The molecule has 0 unspecified atom stereocenters. The van der Waals surface area contributed by atoms with Crippen LogP contribution in [-0.4, -0.2) is 37.5 Å². The number of hydrogen-bond acceptors (Lipinski definition) is 5. The Morgan fingerprint density at radius 2 is 1.88 bits per heavy atom. The number of unbranched alkanes of at least 4 members (excludes halogenated alkanes) is 1. The van der Waals surface area contributed by atoms with Gasteiger partial charge in [0.1, 0.15) is 12.4 Å². The van der Waals surface area contributed by atoms with E-state index in [1.807, 2.05) is 24.3 Å². The summed E-state index contributed by atoms with van der Waals surface area (Å²) in [6.07, 6.45) is 2.50. The molecular weight excluding hydrogens is 413 g/mol. The Balaban J connectivity index is 1.81. The van der Waals surface area contributed by atoms with Crippen molar-refractivity contribution in [3.05, 3.63) is 59.4 Å². The fourth-order valence-corrected chi connectivity index (χ4v) is 4.07. The molecule has 32 heavy (non-hydrogen) atoms. The summed E-state index contributed by atoms with van der Waals surface area (Å²) < 4.78 is 29.7. The summed E-state index contributed by atoms with van der Waals surface area (Å²) in [5.41, 5.74) is 1.40. The van der Waals surface area contributed by atoms with Crippen LogP contribution in [0.1, 0.15) is 49.8 Å². The molecular formula is C25H30FNO5. The van der Waals surface area contributed by atoms with Crippen molar-refractivity contribution in [2.45, 2.75) is 45.3 Å². The third-order valence-electron chi connectivity index (χ3n) is 5.82. The van der Waals surface area contributed by atoms with Crippen LogP contribution in [-0.2, 0) is 20.9 Å². The van der Waals surface area contributed by atoms with E-state index in [0.717, 1.165) is 18.4 Å². The average molecular weight is 444 g/mol. The number of esters is 1. The van der Waals surface area contributed by atoms with Crippen molar-refractivity contribution >= 4 is 11.9 Å². The Morgan fingerprint density at radius 3 is 2.50 bits per heavy atom. The first-order valence-electron chi connectivity index (χ1n) is 10.9. The summed E-state index contributed by atoms with van der Waals surface area (Å²) >= 11 is 0. The predicted molar refractivity (Wildman–Crippen MR) is 118 cm³/mol. The molecule has 2 atom stereocenters. The van der Waals surface area contributed by atoms with Gasteiger partial charge in [0.25, 0.3) is 0 Å². The number of likely N-dealkylation sites (tertiary alicyclic amines) is 1. The molecule has 0 N–H and O–H groups in total. The molecule has 1 heterocycles. The minimum atomic E-state index is -0.508. The zero-order valence-corrected chi connectivity index (χ0v) is 18.8. The number of carbonyl (C=O) groups is 2. The Morgan fingerprint density at radius 1 is 1.12 bits per heavy atom. The molecule has 7 heteroatoms. The van der Waals surface area contributed by atoms with E-state index in [0.29, 0.717) is 30.7 Å². The van der Waals surface area contributed by atoms with Gasteiger partial charge in [-0.3, -0.25) is 9.59 Å². The highest BCUT2D eigenvalue weighted by Gasteiger charge is 2.41. The number of benzene rings is 2. The third-order valence-corrected chi connectivity index (χ3v) is 5.82. The predicted octanol–water partition coefficient (Wildman–Crippen LogP) is 4.67. The minimum Gasteiger partial charge on any atom is -0.497 e. The molecule has 6 nitrogen and oxygen atoms in total. The molecule has 1 saturated heterocycles. The van der Waals surface area contributed by atoms with Gasteiger partial charge in [0.15, 0.2) is 11.6 Å². The number of halogens is 1. The lowest BCUT2D eigenvalue weighted by molar-refractivity contribution is -0.158. The number of methoxy groups -OCH3 is 2. The largest absolute Gasteiger partial charge is 0.497 e. The summed E-state index contributed by atoms with van der Waals surface area (Å²) in [5, 5.41) is 0. The van der Waals surface area contributed by atoms with E-state index >= 15 is 0 Å². The van der Waals surface area contributed by atoms with Crippen molar-refractivity contribution in [1.82, 2.24) is 4.90 Å². The molecule has 0 spiro atoms. The number of nitrogens with zero attached hydrogens (tertiary/aromatic N) is 1. The van der Waals surface area contributed by atoms with E-state index in [-0.39, 0.29) is 18.3 Å². The van der Waals surface area contributed by atoms with Crippen molar-refractivity contribution in [1.29, 1.82) is 0 Å². The number of carbonyl (C=O) groups excluding carboxylic acids is 2. The molecule has 0 bridgehead atoms. The molecule has 0 aliphatic carbocycles.